The minimum atomic E-state index is 0.373. The molecule has 2 aromatic heterocycles. The predicted molar refractivity (Wildman–Crippen MR) is 61.4 cm³/mol. The van der Waals surface area contributed by atoms with Gasteiger partial charge in [0.05, 0.1) is 18.5 Å². The van der Waals surface area contributed by atoms with Crippen LogP contribution in [0.4, 0.5) is 0 Å². The lowest BCUT2D eigenvalue weighted by Gasteiger charge is -2.04. The molecule has 0 unspecified atom stereocenters. The van der Waals surface area contributed by atoms with E-state index in [0.29, 0.717) is 11.8 Å². The van der Waals surface area contributed by atoms with Crippen molar-refractivity contribution >= 4 is 11.6 Å². The molecule has 5 heteroatoms. The smallest absolute Gasteiger partial charge is 0.151 e. The van der Waals surface area contributed by atoms with E-state index in [-0.39, 0.29) is 0 Å². The van der Waals surface area contributed by atoms with Gasteiger partial charge < -0.3 is 4.74 Å². The van der Waals surface area contributed by atoms with Gasteiger partial charge in [-0.15, -0.1) is 10.2 Å². The Kier molecular flexibility index (Phi) is 3.31. The molecule has 16 heavy (non-hydrogen) atoms. The maximum atomic E-state index is 5.67. The lowest BCUT2D eigenvalue weighted by Crippen LogP contribution is -1.93. The molecule has 0 N–H and O–H groups in total. The van der Waals surface area contributed by atoms with Crippen molar-refractivity contribution in [1.82, 2.24) is 15.2 Å². The summed E-state index contributed by atoms with van der Waals surface area (Å²) in [6.07, 6.45) is 3.37. The average molecular weight is 236 g/mol. The van der Waals surface area contributed by atoms with E-state index in [9.17, 15) is 0 Å². The van der Waals surface area contributed by atoms with Crippen molar-refractivity contribution in [3.63, 3.8) is 0 Å². The van der Waals surface area contributed by atoms with Crippen LogP contribution in [-0.2, 0) is 0 Å². The summed E-state index contributed by atoms with van der Waals surface area (Å²) >= 11 is 5.67. The number of halogens is 1. The van der Waals surface area contributed by atoms with Gasteiger partial charge in [-0.05, 0) is 25.1 Å². The first-order valence-electron chi connectivity index (χ1n) is 4.87. The molecule has 0 radical (unpaired) electrons. The molecule has 0 aliphatic heterocycles. The molecule has 0 saturated carbocycles. The lowest BCUT2D eigenvalue weighted by molar-refractivity contribution is 0.339. The third kappa shape index (κ3) is 2.46. The Morgan fingerprint density at radius 3 is 2.81 bits per heavy atom. The quantitative estimate of drug-likeness (QED) is 0.821. The highest BCUT2D eigenvalue weighted by molar-refractivity contribution is 6.29. The highest BCUT2D eigenvalue weighted by atomic mass is 35.5. The summed E-state index contributed by atoms with van der Waals surface area (Å²) in [5.41, 5.74) is 1.58. The molecule has 2 rings (SSSR count). The molecule has 0 aliphatic rings. The highest BCUT2D eigenvalue weighted by Crippen LogP contribution is 2.20. The summed E-state index contributed by atoms with van der Waals surface area (Å²) in [6.45, 7) is 2.53. The second-order valence-corrected chi connectivity index (χ2v) is 3.47. The molecule has 0 atom stereocenters. The van der Waals surface area contributed by atoms with E-state index in [1.807, 2.05) is 13.0 Å². The fourth-order valence-electron chi connectivity index (χ4n) is 1.27. The van der Waals surface area contributed by atoms with Crippen LogP contribution < -0.4 is 4.74 Å². The van der Waals surface area contributed by atoms with Gasteiger partial charge in [0.25, 0.3) is 0 Å². The standard InChI is InChI=1S/C11H10ClN3O/c1-2-16-9-5-8(6-13-7-9)10-3-4-11(12)15-14-10/h3-7H,2H2,1H3. The van der Waals surface area contributed by atoms with E-state index in [1.54, 1.807) is 24.5 Å². The zero-order chi connectivity index (χ0) is 11.4. The summed E-state index contributed by atoms with van der Waals surface area (Å²) in [5.74, 6) is 0.719. The van der Waals surface area contributed by atoms with Gasteiger partial charge in [-0.2, -0.15) is 0 Å². The van der Waals surface area contributed by atoms with E-state index in [2.05, 4.69) is 15.2 Å². The van der Waals surface area contributed by atoms with Crippen molar-refractivity contribution in [1.29, 1.82) is 0 Å². The van der Waals surface area contributed by atoms with Crippen LogP contribution in [0.1, 0.15) is 6.92 Å². The van der Waals surface area contributed by atoms with Crippen LogP contribution in [-0.4, -0.2) is 21.8 Å². The number of hydrogen-bond donors (Lipinski definition) is 0. The molecular weight excluding hydrogens is 226 g/mol. The van der Waals surface area contributed by atoms with E-state index >= 15 is 0 Å². The largest absolute Gasteiger partial charge is 0.492 e. The maximum Gasteiger partial charge on any atom is 0.151 e. The minimum Gasteiger partial charge on any atom is -0.492 e. The number of pyridine rings is 1. The number of hydrogen-bond acceptors (Lipinski definition) is 4. The normalized spacial score (nSPS) is 10.1. The number of aromatic nitrogens is 3. The Labute approximate surface area is 98.3 Å². The first-order valence-corrected chi connectivity index (χ1v) is 5.25. The van der Waals surface area contributed by atoms with Gasteiger partial charge in [0, 0.05) is 11.8 Å². The van der Waals surface area contributed by atoms with E-state index in [1.165, 1.54) is 0 Å². The molecule has 0 aromatic carbocycles. The average Bonchev–Trinajstić information content (AvgIpc) is 2.31. The van der Waals surface area contributed by atoms with E-state index in [4.69, 9.17) is 16.3 Å². The Morgan fingerprint density at radius 2 is 2.12 bits per heavy atom. The third-order valence-electron chi connectivity index (χ3n) is 1.95. The first-order chi connectivity index (χ1) is 7.79. The van der Waals surface area contributed by atoms with E-state index in [0.717, 1.165) is 17.0 Å². The molecule has 2 heterocycles. The highest BCUT2D eigenvalue weighted by Gasteiger charge is 2.02. The third-order valence-corrected chi connectivity index (χ3v) is 2.15. The molecule has 82 valence electrons. The summed E-state index contributed by atoms with van der Waals surface area (Å²) < 4.78 is 5.35. The topological polar surface area (TPSA) is 47.9 Å². The maximum absolute atomic E-state index is 5.67. The molecule has 0 fully saturated rings. The van der Waals surface area contributed by atoms with Gasteiger partial charge in [-0.25, -0.2) is 0 Å². The molecular formula is C11H10ClN3O. The van der Waals surface area contributed by atoms with Gasteiger partial charge in [-0.1, -0.05) is 11.6 Å². The Hall–Kier alpha value is -1.68. The van der Waals surface area contributed by atoms with Gasteiger partial charge in [-0.3, -0.25) is 4.98 Å². The molecule has 4 nitrogen and oxygen atoms in total. The summed E-state index contributed by atoms with van der Waals surface area (Å²) in [5, 5.41) is 8.12. The number of rotatable bonds is 3. The monoisotopic (exact) mass is 235 g/mol. The zero-order valence-corrected chi connectivity index (χ0v) is 9.48. The van der Waals surface area contributed by atoms with Crippen LogP contribution in [0.3, 0.4) is 0 Å². The molecule has 2 aromatic rings. The van der Waals surface area contributed by atoms with Crippen LogP contribution in [0.25, 0.3) is 11.3 Å². The van der Waals surface area contributed by atoms with Crippen LogP contribution in [0.15, 0.2) is 30.6 Å². The van der Waals surface area contributed by atoms with Crippen molar-refractivity contribution in [2.24, 2.45) is 0 Å². The summed E-state index contributed by atoms with van der Waals surface area (Å²) in [6, 6.07) is 5.35. The molecule has 0 spiro atoms. The Bertz CT molecular complexity index is 473. The second kappa shape index (κ2) is 4.90. The zero-order valence-electron chi connectivity index (χ0n) is 8.72. The molecule has 0 saturated heterocycles. The predicted octanol–water partition coefficient (Wildman–Crippen LogP) is 2.59. The van der Waals surface area contributed by atoms with E-state index < -0.39 is 0 Å². The first kappa shape index (κ1) is 10.8. The fraction of sp³-hybridized carbons (Fsp3) is 0.182. The Morgan fingerprint density at radius 1 is 1.25 bits per heavy atom. The lowest BCUT2D eigenvalue weighted by atomic mass is 10.2. The second-order valence-electron chi connectivity index (χ2n) is 3.08. The van der Waals surface area contributed by atoms with Crippen molar-refractivity contribution in [3.05, 3.63) is 35.7 Å². The molecule has 0 aliphatic carbocycles. The molecule has 0 amide bonds. The summed E-state index contributed by atoms with van der Waals surface area (Å²) in [4.78, 5) is 4.08. The van der Waals surface area contributed by atoms with Crippen LogP contribution in [0, 0.1) is 0 Å². The SMILES string of the molecule is CCOc1cncc(-c2ccc(Cl)nn2)c1. The fourth-order valence-corrected chi connectivity index (χ4v) is 1.38. The van der Waals surface area contributed by atoms with Crippen LogP contribution in [0.2, 0.25) is 5.15 Å². The van der Waals surface area contributed by atoms with Gasteiger partial charge >= 0.3 is 0 Å². The molecule has 0 bridgehead atoms. The van der Waals surface area contributed by atoms with Crippen molar-refractivity contribution in [2.75, 3.05) is 6.61 Å². The van der Waals surface area contributed by atoms with Crippen LogP contribution in [0.5, 0.6) is 5.75 Å². The van der Waals surface area contributed by atoms with Crippen LogP contribution >= 0.6 is 11.6 Å². The van der Waals surface area contributed by atoms with Gasteiger partial charge in [0.1, 0.15) is 5.75 Å². The number of ether oxygens (including phenoxy) is 1. The van der Waals surface area contributed by atoms with Crippen molar-refractivity contribution < 1.29 is 4.74 Å². The van der Waals surface area contributed by atoms with Gasteiger partial charge in [0.15, 0.2) is 5.15 Å². The van der Waals surface area contributed by atoms with Crippen molar-refractivity contribution in [3.8, 4) is 17.0 Å². The number of nitrogens with zero attached hydrogens (tertiary/aromatic N) is 3. The minimum absolute atomic E-state index is 0.373. The summed E-state index contributed by atoms with van der Waals surface area (Å²) in [7, 11) is 0. The van der Waals surface area contributed by atoms with Gasteiger partial charge in [0.2, 0.25) is 0 Å². The Balaban J connectivity index is 2.32. The van der Waals surface area contributed by atoms with Crippen molar-refractivity contribution in [2.45, 2.75) is 6.92 Å².